The van der Waals surface area contributed by atoms with Crippen molar-refractivity contribution in [3.8, 4) is 11.1 Å². The van der Waals surface area contributed by atoms with Crippen LogP contribution >= 0.6 is 0 Å². The number of alkyl halides is 3. The van der Waals surface area contributed by atoms with Gasteiger partial charge in [0.1, 0.15) is 11.3 Å². The molecule has 158 valence electrons. The lowest BCUT2D eigenvalue weighted by molar-refractivity contribution is -0.136. The molecule has 1 aromatic heterocycles. The van der Waals surface area contributed by atoms with E-state index in [9.17, 15) is 23.1 Å². The van der Waals surface area contributed by atoms with E-state index in [0.29, 0.717) is 28.7 Å². The Balaban J connectivity index is 1.81. The molecule has 1 aliphatic heterocycles. The first-order valence-electron chi connectivity index (χ1n) is 9.29. The molecule has 0 bridgehead atoms. The van der Waals surface area contributed by atoms with E-state index in [-0.39, 0.29) is 31.0 Å². The molecule has 1 saturated heterocycles. The maximum absolute atomic E-state index is 13.7. The van der Waals surface area contributed by atoms with Crippen LogP contribution in [0.15, 0.2) is 46.9 Å². The van der Waals surface area contributed by atoms with Crippen molar-refractivity contribution in [1.29, 1.82) is 0 Å². The number of fused-ring (bicyclic) bond motifs is 1. The molecule has 1 fully saturated rings. The van der Waals surface area contributed by atoms with Gasteiger partial charge in [0.05, 0.1) is 31.4 Å². The van der Waals surface area contributed by atoms with E-state index in [4.69, 9.17) is 14.9 Å². The van der Waals surface area contributed by atoms with E-state index in [1.165, 1.54) is 11.0 Å². The van der Waals surface area contributed by atoms with Gasteiger partial charge in [-0.15, -0.1) is 0 Å². The van der Waals surface area contributed by atoms with Gasteiger partial charge in [-0.1, -0.05) is 18.2 Å². The zero-order valence-corrected chi connectivity index (χ0v) is 15.8. The molecule has 0 radical (unpaired) electrons. The average molecular weight is 420 g/mol. The normalized spacial score (nSPS) is 17.5. The molecular formula is C21H19F3N2O4. The van der Waals surface area contributed by atoms with Crippen molar-refractivity contribution in [2.75, 3.05) is 19.8 Å². The monoisotopic (exact) mass is 420 g/mol. The predicted molar refractivity (Wildman–Crippen MR) is 103 cm³/mol. The highest BCUT2D eigenvalue weighted by molar-refractivity contribution is 5.87. The molecule has 1 atom stereocenters. The van der Waals surface area contributed by atoms with Crippen molar-refractivity contribution >= 4 is 17.1 Å². The van der Waals surface area contributed by atoms with Crippen molar-refractivity contribution in [2.45, 2.75) is 18.8 Å². The van der Waals surface area contributed by atoms with Crippen LogP contribution in [0.1, 0.15) is 22.9 Å². The molecule has 0 aliphatic carbocycles. The van der Waals surface area contributed by atoms with Gasteiger partial charge >= 0.3 is 12.3 Å². The van der Waals surface area contributed by atoms with Gasteiger partial charge in [0.15, 0.2) is 0 Å². The van der Waals surface area contributed by atoms with Crippen LogP contribution < -0.4 is 5.73 Å². The molecule has 30 heavy (non-hydrogen) atoms. The molecule has 3 aromatic rings. The number of benzene rings is 2. The number of amides is 1. The molecule has 2 heterocycles. The van der Waals surface area contributed by atoms with Crippen molar-refractivity contribution in [1.82, 2.24) is 4.90 Å². The summed E-state index contributed by atoms with van der Waals surface area (Å²) < 4.78 is 51.7. The minimum Gasteiger partial charge on any atom is -0.465 e. The third kappa shape index (κ3) is 3.73. The van der Waals surface area contributed by atoms with E-state index < -0.39 is 23.9 Å². The largest absolute Gasteiger partial charge is 0.465 e. The lowest BCUT2D eigenvalue weighted by Crippen LogP contribution is -2.42. The summed E-state index contributed by atoms with van der Waals surface area (Å²) in [4.78, 5) is 12.8. The summed E-state index contributed by atoms with van der Waals surface area (Å²) in [6.07, 6.45) is -5.67. The fourth-order valence-corrected chi connectivity index (χ4v) is 3.72. The number of hydrogen-bond donors (Lipinski definition) is 2. The van der Waals surface area contributed by atoms with Crippen LogP contribution in [0.3, 0.4) is 0 Å². The summed E-state index contributed by atoms with van der Waals surface area (Å²) in [6, 6.07) is 10.4. The molecule has 0 saturated carbocycles. The Kier molecular flexibility index (Phi) is 5.17. The molecule has 6 nitrogen and oxygen atoms in total. The summed E-state index contributed by atoms with van der Waals surface area (Å²) in [7, 11) is 0. The number of nitrogens with two attached hydrogens (primary N) is 1. The Morgan fingerprint density at radius 2 is 2.00 bits per heavy atom. The molecule has 4 rings (SSSR count). The molecule has 1 aliphatic rings. The van der Waals surface area contributed by atoms with Crippen molar-refractivity contribution in [2.24, 2.45) is 5.73 Å². The summed E-state index contributed by atoms with van der Waals surface area (Å²) in [6.45, 7) is 0.705. The van der Waals surface area contributed by atoms with Gasteiger partial charge < -0.3 is 20.0 Å². The molecule has 3 N–H and O–H groups in total. The zero-order chi connectivity index (χ0) is 21.5. The summed E-state index contributed by atoms with van der Waals surface area (Å²) in [5.74, 6) is 0.262. The van der Waals surface area contributed by atoms with Gasteiger partial charge in [-0.2, -0.15) is 13.2 Å². The number of hydrogen-bond acceptors (Lipinski definition) is 4. The van der Waals surface area contributed by atoms with E-state index in [1.54, 1.807) is 30.3 Å². The standard InChI is InChI=1S/C21H19F3N2O4/c22-21(23,24)17-9-14(7-15-8-16(10-25)30-19(15)17)12-2-1-3-13(6-12)18-11-29-5-4-26(18)20(27)28/h1-3,6-9,18H,4-5,10-11,25H2,(H,27,28). The maximum atomic E-state index is 13.7. The lowest BCUT2D eigenvalue weighted by Gasteiger charge is -2.33. The summed E-state index contributed by atoms with van der Waals surface area (Å²) in [5, 5.41) is 9.76. The smallest absolute Gasteiger partial charge is 0.420 e. The number of carbonyl (C=O) groups is 1. The Bertz CT molecular complexity index is 1090. The highest BCUT2D eigenvalue weighted by Crippen LogP contribution is 2.40. The molecule has 2 aromatic carbocycles. The Morgan fingerprint density at radius 1 is 1.20 bits per heavy atom. The van der Waals surface area contributed by atoms with Gasteiger partial charge in [-0.25, -0.2) is 4.79 Å². The number of halogens is 3. The molecule has 0 spiro atoms. The van der Waals surface area contributed by atoms with Crippen LogP contribution in [0, 0.1) is 0 Å². The fourth-order valence-electron chi connectivity index (χ4n) is 3.72. The van der Waals surface area contributed by atoms with Gasteiger partial charge in [-0.05, 0) is 41.0 Å². The first-order chi connectivity index (χ1) is 14.3. The van der Waals surface area contributed by atoms with Crippen LogP contribution in [-0.2, 0) is 17.5 Å². The number of furan rings is 1. The first kappa shape index (κ1) is 20.2. The molecule has 9 heteroatoms. The highest BCUT2D eigenvalue weighted by atomic mass is 19.4. The minimum atomic E-state index is -4.60. The third-order valence-corrected chi connectivity index (χ3v) is 5.15. The minimum absolute atomic E-state index is 0.0104. The van der Waals surface area contributed by atoms with E-state index in [1.807, 2.05) is 0 Å². The Morgan fingerprint density at radius 3 is 2.70 bits per heavy atom. The van der Waals surface area contributed by atoms with Gasteiger partial charge in [0.2, 0.25) is 0 Å². The quantitative estimate of drug-likeness (QED) is 0.645. The molecular weight excluding hydrogens is 401 g/mol. The highest BCUT2D eigenvalue weighted by Gasteiger charge is 2.35. The van der Waals surface area contributed by atoms with Crippen LogP contribution in [-0.4, -0.2) is 35.9 Å². The van der Waals surface area contributed by atoms with Crippen LogP contribution in [0.4, 0.5) is 18.0 Å². The van der Waals surface area contributed by atoms with Crippen molar-refractivity contribution in [3.05, 3.63) is 59.4 Å². The van der Waals surface area contributed by atoms with Gasteiger partial charge in [0, 0.05) is 11.9 Å². The van der Waals surface area contributed by atoms with Gasteiger partial charge in [-0.3, -0.25) is 4.90 Å². The molecule has 1 unspecified atom stereocenters. The topological polar surface area (TPSA) is 88.9 Å². The van der Waals surface area contributed by atoms with Crippen molar-refractivity contribution < 1.29 is 32.2 Å². The van der Waals surface area contributed by atoms with E-state index in [0.717, 1.165) is 6.07 Å². The Hall–Kier alpha value is -3.04. The predicted octanol–water partition coefficient (Wildman–Crippen LogP) is 4.63. The Labute approximate surface area is 169 Å². The number of carboxylic acid groups (broad SMARTS) is 1. The second-order valence-corrected chi connectivity index (χ2v) is 7.05. The van der Waals surface area contributed by atoms with Crippen LogP contribution in [0.25, 0.3) is 22.1 Å². The summed E-state index contributed by atoms with van der Waals surface area (Å²) in [5.41, 5.74) is 5.92. The SMILES string of the molecule is NCc1cc2cc(-c3cccc(C4COCCN4C(=O)O)c3)cc(C(F)(F)F)c2o1. The number of morpholine rings is 1. The second-order valence-electron chi connectivity index (χ2n) is 7.05. The lowest BCUT2D eigenvalue weighted by atomic mass is 9.96. The fraction of sp³-hybridized carbons (Fsp3) is 0.286. The first-order valence-corrected chi connectivity index (χ1v) is 9.29. The van der Waals surface area contributed by atoms with Crippen LogP contribution in [0.5, 0.6) is 0 Å². The van der Waals surface area contributed by atoms with Crippen LogP contribution in [0.2, 0.25) is 0 Å². The summed E-state index contributed by atoms with van der Waals surface area (Å²) >= 11 is 0. The second kappa shape index (κ2) is 7.66. The zero-order valence-electron chi connectivity index (χ0n) is 15.8. The van der Waals surface area contributed by atoms with E-state index >= 15 is 0 Å². The van der Waals surface area contributed by atoms with Crippen molar-refractivity contribution in [3.63, 3.8) is 0 Å². The number of rotatable bonds is 3. The average Bonchev–Trinajstić information content (AvgIpc) is 3.15. The number of nitrogens with zero attached hydrogens (tertiary/aromatic N) is 1. The van der Waals surface area contributed by atoms with E-state index in [2.05, 4.69) is 0 Å². The number of ether oxygens (including phenoxy) is 1. The molecule has 1 amide bonds. The maximum Gasteiger partial charge on any atom is 0.420 e. The third-order valence-electron chi connectivity index (χ3n) is 5.15. The van der Waals surface area contributed by atoms with Gasteiger partial charge in [0.25, 0.3) is 0 Å².